The van der Waals surface area contributed by atoms with Crippen LogP contribution in [0, 0.1) is 11.8 Å². The largest absolute Gasteiger partial charge is 0.467 e. The zero-order chi connectivity index (χ0) is 17.4. The van der Waals surface area contributed by atoms with E-state index < -0.39 is 30.1 Å². The number of carbonyl (C=O) groups is 2. The van der Waals surface area contributed by atoms with Crippen molar-refractivity contribution in [3.63, 3.8) is 0 Å². The number of methoxy groups -OCH3 is 1. The van der Waals surface area contributed by atoms with Crippen molar-refractivity contribution < 1.29 is 19.4 Å². The van der Waals surface area contributed by atoms with Gasteiger partial charge >= 0.3 is 5.97 Å². The Kier molecular flexibility index (Phi) is 8.55. The van der Waals surface area contributed by atoms with Crippen molar-refractivity contribution in [1.82, 2.24) is 5.32 Å². The Hall–Kier alpha value is -1.14. The second kappa shape index (κ2) is 9.88. The maximum Gasteiger partial charge on any atom is 0.328 e. The monoisotopic (exact) mass is 328 g/mol. The van der Waals surface area contributed by atoms with Gasteiger partial charge in [0.05, 0.1) is 7.11 Å². The summed E-state index contributed by atoms with van der Waals surface area (Å²) in [5.41, 5.74) is 6.01. The van der Waals surface area contributed by atoms with Gasteiger partial charge in [-0.2, -0.15) is 0 Å². The fourth-order valence-electron chi connectivity index (χ4n) is 3.22. The third-order valence-corrected chi connectivity index (χ3v) is 4.51. The van der Waals surface area contributed by atoms with Crippen LogP contribution in [0.4, 0.5) is 0 Å². The van der Waals surface area contributed by atoms with Gasteiger partial charge in [0.1, 0.15) is 12.1 Å². The minimum Gasteiger partial charge on any atom is -0.467 e. The quantitative estimate of drug-likeness (QED) is 0.584. The minimum atomic E-state index is -1.30. The second-order valence-electron chi connectivity index (χ2n) is 7.06. The first-order valence-electron chi connectivity index (χ1n) is 8.67. The molecule has 6 nitrogen and oxygen atoms in total. The SMILES string of the molecule is COC(=O)[C@H](CC(C)C)NC(=O)[C@@H](O)[C@H](N)CC1CCCCC1. The Morgan fingerprint density at radius 1 is 1.26 bits per heavy atom. The van der Waals surface area contributed by atoms with Crippen LogP contribution < -0.4 is 11.1 Å². The molecule has 1 fully saturated rings. The van der Waals surface area contributed by atoms with Gasteiger partial charge in [-0.3, -0.25) is 4.79 Å². The van der Waals surface area contributed by atoms with Crippen LogP contribution in [0.15, 0.2) is 0 Å². The number of carbonyl (C=O) groups excluding carboxylic acids is 2. The molecule has 1 aliphatic carbocycles. The average molecular weight is 328 g/mol. The van der Waals surface area contributed by atoms with Gasteiger partial charge in [-0.25, -0.2) is 4.79 Å². The summed E-state index contributed by atoms with van der Waals surface area (Å²) in [5.74, 6) is -0.398. The lowest BCUT2D eigenvalue weighted by molar-refractivity contribution is -0.147. The molecule has 1 rings (SSSR count). The number of aliphatic hydroxyl groups is 1. The lowest BCUT2D eigenvalue weighted by Crippen LogP contribution is -2.52. The molecule has 6 heteroatoms. The van der Waals surface area contributed by atoms with Crippen LogP contribution in [0.1, 0.15) is 58.8 Å². The van der Waals surface area contributed by atoms with Crippen molar-refractivity contribution in [2.24, 2.45) is 17.6 Å². The molecule has 0 unspecified atom stereocenters. The second-order valence-corrected chi connectivity index (χ2v) is 7.06. The summed E-state index contributed by atoms with van der Waals surface area (Å²) in [4.78, 5) is 23.9. The van der Waals surface area contributed by atoms with E-state index in [9.17, 15) is 14.7 Å². The van der Waals surface area contributed by atoms with E-state index in [4.69, 9.17) is 10.5 Å². The number of amides is 1. The van der Waals surface area contributed by atoms with E-state index in [0.717, 1.165) is 12.8 Å². The third kappa shape index (κ3) is 6.87. The van der Waals surface area contributed by atoms with Crippen LogP contribution >= 0.6 is 0 Å². The fourth-order valence-corrected chi connectivity index (χ4v) is 3.22. The lowest BCUT2D eigenvalue weighted by atomic mass is 9.84. The fraction of sp³-hybridized carbons (Fsp3) is 0.882. The highest BCUT2D eigenvalue weighted by molar-refractivity contribution is 5.87. The highest BCUT2D eigenvalue weighted by Crippen LogP contribution is 2.27. The highest BCUT2D eigenvalue weighted by Gasteiger charge is 2.30. The first-order chi connectivity index (χ1) is 10.8. The molecule has 4 N–H and O–H groups in total. The van der Waals surface area contributed by atoms with E-state index in [1.807, 2.05) is 13.8 Å². The van der Waals surface area contributed by atoms with Gasteiger partial charge < -0.3 is 20.9 Å². The van der Waals surface area contributed by atoms with Gasteiger partial charge in [0.15, 0.2) is 0 Å². The maximum absolute atomic E-state index is 12.2. The van der Waals surface area contributed by atoms with E-state index >= 15 is 0 Å². The lowest BCUT2D eigenvalue weighted by Gasteiger charge is -2.27. The van der Waals surface area contributed by atoms with Crippen LogP contribution in [0.3, 0.4) is 0 Å². The number of nitrogens with two attached hydrogens (primary N) is 1. The molecule has 3 atom stereocenters. The number of aliphatic hydroxyl groups excluding tert-OH is 1. The van der Waals surface area contributed by atoms with Gasteiger partial charge in [0, 0.05) is 6.04 Å². The highest BCUT2D eigenvalue weighted by atomic mass is 16.5. The number of rotatable bonds is 8. The molecule has 0 aromatic heterocycles. The number of nitrogens with one attached hydrogen (secondary N) is 1. The van der Waals surface area contributed by atoms with Gasteiger partial charge in [0.25, 0.3) is 5.91 Å². The summed E-state index contributed by atoms with van der Waals surface area (Å²) in [6.45, 7) is 3.90. The van der Waals surface area contributed by atoms with Gasteiger partial charge in [-0.15, -0.1) is 0 Å². The van der Waals surface area contributed by atoms with Crippen molar-refractivity contribution >= 4 is 11.9 Å². The van der Waals surface area contributed by atoms with Crippen LogP contribution in [-0.4, -0.2) is 42.3 Å². The zero-order valence-corrected chi connectivity index (χ0v) is 14.6. The molecule has 1 amide bonds. The Morgan fingerprint density at radius 2 is 1.87 bits per heavy atom. The molecule has 1 aliphatic rings. The molecule has 0 saturated heterocycles. The molecular formula is C17H32N2O4. The number of esters is 1. The van der Waals surface area contributed by atoms with Crippen molar-refractivity contribution in [2.75, 3.05) is 7.11 Å². The number of hydrogen-bond acceptors (Lipinski definition) is 5. The van der Waals surface area contributed by atoms with Gasteiger partial charge in [-0.05, 0) is 24.7 Å². The van der Waals surface area contributed by atoms with Crippen LogP contribution in [-0.2, 0) is 14.3 Å². The van der Waals surface area contributed by atoms with E-state index in [1.54, 1.807) is 0 Å². The van der Waals surface area contributed by atoms with Crippen molar-refractivity contribution in [3.05, 3.63) is 0 Å². The summed E-state index contributed by atoms with van der Waals surface area (Å²) < 4.78 is 4.71. The summed E-state index contributed by atoms with van der Waals surface area (Å²) in [6, 6.07) is -1.35. The standard InChI is InChI=1S/C17H32N2O4/c1-11(2)9-14(17(22)23-3)19-16(21)15(20)13(18)10-12-7-5-4-6-8-12/h11-15,20H,4-10,18H2,1-3H3,(H,19,21)/t13-,14+,15+/m1/s1. The molecular weight excluding hydrogens is 296 g/mol. The molecule has 1 saturated carbocycles. The zero-order valence-electron chi connectivity index (χ0n) is 14.6. The van der Waals surface area contributed by atoms with E-state index in [-0.39, 0.29) is 5.92 Å². The summed E-state index contributed by atoms with van der Waals surface area (Å²) in [6.07, 6.45) is 5.67. The molecule has 0 bridgehead atoms. The molecule has 0 aromatic carbocycles. The Balaban J connectivity index is 2.53. The summed E-state index contributed by atoms with van der Waals surface area (Å²) in [7, 11) is 1.28. The Bertz CT molecular complexity index is 381. The van der Waals surface area contributed by atoms with Crippen molar-refractivity contribution in [1.29, 1.82) is 0 Å². The van der Waals surface area contributed by atoms with Crippen LogP contribution in [0.25, 0.3) is 0 Å². The van der Waals surface area contributed by atoms with Crippen LogP contribution in [0.5, 0.6) is 0 Å². The predicted octanol–water partition coefficient (Wildman–Crippen LogP) is 1.35. The molecule has 0 aliphatic heterocycles. The predicted molar refractivity (Wildman–Crippen MR) is 88.6 cm³/mol. The molecule has 0 radical (unpaired) electrons. The molecule has 134 valence electrons. The molecule has 0 aromatic rings. The molecule has 0 spiro atoms. The summed E-state index contributed by atoms with van der Waals surface area (Å²) >= 11 is 0. The molecule has 23 heavy (non-hydrogen) atoms. The maximum atomic E-state index is 12.2. The van der Waals surface area contributed by atoms with Gasteiger partial charge in [-0.1, -0.05) is 46.0 Å². The topological polar surface area (TPSA) is 102 Å². The average Bonchev–Trinajstić information content (AvgIpc) is 2.53. The third-order valence-electron chi connectivity index (χ3n) is 4.51. The van der Waals surface area contributed by atoms with Gasteiger partial charge in [0.2, 0.25) is 0 Å². The Morgan fingerprint density at radius 3 is 2.39 bits per heavy atom. The van der Waals surface area contributed by atoms with E-state index in [2.05, 4.69) is 5.32 Å². The first kappa shape index (κ1) is 19.9. The smallest absolute Gasteiger partial charge is 0.328 e. The molecule has 0 heterocycles. The van der Waals surface area contributed by atoms with Crippen LogP contribution in [0.2, 0.25) is 0 Å². The number of ether oxygens (including phenoxy) is 1. The van der Waals surface area contributed by atoms with Crippen molar-refractivity contribution in [2.45, 2.75) is 77.0 Å². The number of hydrogen-bond donors (Lipinski definition) is 3. The van der Waals surface area contributed by atoms with Crippen molar-refractivity contribution in [3.8, 4) is 0 Å². The first-order valence-corrected chi connectivity index (χ1v) is 8.67. The summed E-state index contributed by atoms with van der Waals surface area (Å²) in [5, 5.41) is 12.7. The Labute approximate surface area is 139 Å². The van der Waals surface area contributed by atoms with E-state index in [1.165, 1.54) is 26.4 Å². The minimum absolute atomic E-state index is 0.215. The van der Waals surface area contributed by atoms with E-state index in [0.29, 0.717) is 18.8 Å². The normalized spacial score (nSPS) is 19.9.